The van der Waals surface area contributed by atoms with Gasteiger partial charge in [-0.05, 0) is 18.4 Å². The summed E-state index contributed by atoms with van der Waals surface area (Å²) in [5.41, 5.74) is 0. The van der Waals surface area contributed by atoms with Crippen molar-refractivity contribution in [3.63, 3.8) is 0 Å². The molecule has 1 saturated carbocycles. The summed E-state index contributed by atoms with van der Waals surface area (Å²) in [4.78, 5) is 6.59. The molecule has 0 aromatic carbocycles. The van der Waals surface area contributed by atoms with Crippen LogP contribution in [-0.2, 0) is 6.18 Å². The minimum absolute atomic E-state index is 0.242. The van der Waals surface area contributed by atoms with Gasteiger partial charge in [-0.25, -0.2) is 9.97 Å². The smallest absolute Gasteiger partial charge is 0.367 e. The molecule has 0 saturated heterocycles. The van der Waals surface area contributed by atoms with Crippen LogP contribution in [0.5, 0.6) is 0 Å². The third-order valence-electron chi connectivity index (χ3n) is 2.35. The minimum atomic E-state index is -4.48. The van der Waals surface area contributed by atoms with Crippen LogP contribution in [0.4, 0.5) is 19.0 Å². The van der Waals surface area contributed by atoms with E-state index in [9.17, 15) is 13.2 Å². The van der Waals surface area contributed by atoms with E-state index in [1.54, 1.807) is 0 Å². The van der Waals surface area contributed by atoms with Gasteiger partial charge in [0.1, 0.15) is 5.82 Å². The molecule has 1 aromatic rings. The Bertz CT molecular complexity index is 364. The molecule has 0 amide bonds. The first-order valence-electron chi connectivity index (χ1n) is 4.63. The average molecular weight is 217 g/mol. The number of alkyl halides is 3. The number of anilines is 1. The molecule has 1 N–H and O–H groups in total. The van der Waals surface area contributed by atoms with Crippen LogP contribution < -0.4 is 5.32 Å². The number of nitrogens with zero attached hydrogens (tertiary/aromatic N) is 2. The molecule has 2 rings (SSSR count). The quantitative estimate of drug-likeness (QED) is 0.826. The first kappa shape index (κ1) is 10.2. The van der Waals surface area contributed by atoms with Gasteiger partial charge in [-0.2, -0.15) is 13.2 Å². The molecule has 1 heterocycles. The van der Waals surface area contributed by atoms with Crippen molar-refractivity contribution >= 4 is 5.82 Å². The Kier molecular flexibility index (Phi) is 2.28. The maximum Gasteiger partial charge on any atom is 0.451 e. The number of hydrogen-bond acceptors (Lipinski definition) is 3. The summed E-state index contributed by atoms with van der Waals surface area (Å²) < 4.78 is 36.7. The van der Waals surface area contributed by atoms with Crippen molar-refractivity contribution in [3.05, 3.63) is 18.1 Å². The number of hydrogen-bond donors (Lipinski definition) is 1. The molecule has 6 heteroatoms. The number of aromatic nitrogens is 2. The fourth-order valence-electron chi connectivity index (χ4n) is 1.29. The fraction of sp³-hybridized carbons (Fsp3) is 0.556. The predicted molar refractivity (Wildman–Crippen MR) is 48.2 cm³/mol. The Balaban J connectivity index is 2.12. The lowest BCUT2D eigenvalue weighted by molar-refractivity contribution is -0.144. The standard InChI is InChI=1S/C9H10F3N3/c1-5-4-6(5)14-7-2-3-13-8(15-7)9(10,11)12/h2-3,5-6H,4H2,1H3,(H,13,14,15). The fourth-order valence-corrected chi connectivity index (χ4v) is 1.29. The van der Waals surface area contributed by atoms with Crippen molar-refractivity contribution in [1.82, 2.24) is 9.97 Å². The van der Waals surface area contributed by atoms with Gasteiger partial charge in [0.05, 0.1) is 0 Å². The van der Waals surface area contributed by atoms with Gasteiger partial charge in [0, 0.05) is 12.2 Å². The van der Waals surface area contributed by atoms with E-state index < -0.39 is 12.0 Å². The van der Waals surface area contributed by atoms with E-state index in [1.165, 1.54) is 6.07 Å². The van der Waals surface area contributed by atoms with Gasteiger partial charge in [0.15, 0.2) is 0 Å². The molecule has 0 spiro atoms. The van der Waals surface area contributed by atoms with Gasteiger partial charge in [-0.15, -0.1) is 0 Å². The second-order valence-corrected chi connectivity index (χ2v) is 3.73. The summed E-state index contributed by atoms with van der Waals surface area (Å²) in [7, 11) is 0. The van der Waals surface area contributed by atoms with Crippen LogP contribution in [0.1, 0.15) is 19.2 Å². The largest absolute Gasteiger partial charge is 0.451 e. The molecule has 82 valence electrons. The van der Waals surface area contributed by atoms with E-state index in [4.69, 9.17) is 0 Å². The summed E-state index contributed by atoms with van der Waals surface area (Å²) in [6, 6.07) is 1.70. The van der Waals surface area contributed by atoms with Crippen LogP contribution in [0, 0.1) is 5.92 Å². The van der Waals surface area contributed by atoms with Crippen molar-refractivity contribution in [1.29, 1.82) is 0 Å². The summed E-state index contributed by atoms with van der Waals surface area (Å²) in [6.45, 7) is 2.03. The average Bonchev–Trinajstić information content (AvgIpc) is 2.81. The Hall–Kier alpha value is -1.33. The van der Waals surface area contributed by atoms with Gasteiger partial charge in [-0.1, -0.05) is 6.92 Å². The topological polar surface area (TPSA) is 37.8 Å². The highest BCUT2D eigenvalue weighted by atomic mass is 19.4. The van der Waals surface area contributed by atoms with Gasteiger partial charge in [0.25, 0.3) is 0 Å². The monoisotopic (exact) mass is 217 g/mol. The SMILES string of the molecule is CC1CC1Nc1ccnc(C(F)(F)F)n1. The first-order valence-corrected chi connectivity index (χ1v) is 4.63. The molecular formula is C9H10F3N3. The van der Waals surface area contributed by atoms with Gasteiger partial charge >= 0.3 is 6.18 Å². The molecule has 2 unspecified atom stereocenters. The molecule has 0 aliphatic heterocycles. The first-order chi connectivity index (χ1) is 6.97. The Morgan fingerprint density at radius 3 is 2.67 bits per heavy atom. The zero-order chi connectivity index (χ0) is 11.1. The third kappa shape index (κ3) is 2.37. The Labute approximate surface area is 84.7 Å². The van der Waals surface area contributed by atoms with Crippen LogP contribution in [0.3, 0.4) is 0 Å². The van der Waals surface area contributed by atoms with Crippen molar-refractivity contribution in [2.45, 2.75) is 25.6 Å². The van der Waals surface area contributed by atoms with Crippen LogP contribution >= 0.6 is 0 Å². The normalized spacial score (nSPS) is 25.1. The molecule has 2 atom stereocenters. The molecule has 1 aliphatic carbocycles. The van der Waals surface area contributed by atoms with E-state index in [0.717, 1.165) is 12.6 Å². The number of rotatable bonds is 2. The second-order valence-electron chi connectivity index (χ2n) is 3.73. The Morgan fingerprint density at radius 2 is 2.13 bits per heavy atom. The van der Waals surface area contributed by atoms with Crippen LogP contribution in [0.2, 0.25) is 0 Å². The molecule has 1 aliphatic rings. The molecule has 0 bridgehead atoms. The lowest BCUT2D eigenvalue weighted by Gasteiger charge is -2.07. The zero-order valence-electron chi connectivity index (χ0n) is 8.04. The summed E-state index contributed by atoms with van der Waals surface area (Å²) in [5, 5.41) is 2.93. The van der Waals surface area contributed by atoms with Crippen molar-refractivity contribution < 1.29 is 13.2 Å². The Morgan fingerprint density at radius 1 is 1.47 bits per heavy atom. The van der Waals surface area contributed by atoms with Gasteiger partial charge in [0.2, 0.25) is 5.82 Å². The van der Waals surface area contributed by atoms with E-state index in [0.29, 0.717) is 5.92 Å². The predicted octanol–water partition coefficient (Wildman–Crippen LogP) is 2.32. The van der Waals surface area contributed by atoms with E-state index in [1.807, 2.05) is 6.92 Å². The van der Waals surface area contributed by atoms with Gasteiger partial charge < -0.3 is 5.32 Å². The van der Waals surface area contributed by atoms with Crippen LogP contribution in [-0.4, -0.2) is 16.0 Å². The van der Waals surface area contributed by atoms with E-state index >= 15 is 0 Å². The molecule has 0 radical (unpaired) electrons. The number of nitrogens with one attached hydrogen (secondary N) is 1. The lowest BCUT2D eigenvalue weighted by Crippen LogP contribution is -2.13. The molecule has 3 nitrogen and oxygen atoms in total. The van der Waals surface area contributed by atoms with Crippen molar-refractivity contribution in [3.8, 4) is 0 Å². The lowest BCUT2D eigenvalue weighted by atomic mass is 10.4. The maximum absolute atomic E-state index is 12.2. The highest BCUT2D eigenvalue weighted by molar-refractivity contribution is 5.36. The molecule has 1 fully saturated rings. The molecule has 15 heavy (non-hydrogen) atoms. The highest BCUT2D eigenvalue weighted by Gasteiger charge is 2.36. The zero-order valence-corrected chi connectivity index (χ0v) is 8.04. The van der Waals surface area contributed by atoms with E-state index in [-0.39, 0.29) is 11.9 Å². The minimum Gasteiger partial charge on any atom is -0.367 e. The van der Waals surface area contributed by atoms with Crippen LogP contribution in [0.15, 0.2) is 12.3 Å². The summed E-state index contributed by atoms with van der Waals surface area (Å²) in [6.07, 6.45) is -2.39. The molecule has 1 aromatic heterocycles. The van der Waals surface area contributed by atoms with Crippen LogP contribution in [0.25, 0.3) is 0 Å². The van der Waals surface area contributed by atoms with Crippen molar-refractivity contribution in [2.24, 2.45) is 5.92 Å². The maximum atomic E-state index is 12.2. The summed E-state index contributed by atoms with van der Waals surface area (Å²) >= 11 is 0. The molecular weight excluding hydrogens is 207 g/mol. The van der Waals surface area contributed by atoms with Crippen molar-refractivity contribution in [2.75, 3.05) is 5.32 Å². The third-order valence-corrected chi connectivity index (χ3v) is 2.35. The van der Waals surface area contributed by atoms with Gasteiger partial charge in [-0.3, -0.25) is 0 Å². The number of halogens is 3. The van der Waals surface area contributed by atoms with E-state index in [2.05, 4.69) is 15.3 Å². The second kappa shape index (κ2) is 3.36. The highest BCUT2D eigenvalue weighted by Crippen LogP contribution is 2.33. The summed E-state index contributed by atoms with van der Waals surface area (Å²) in [5.74, 6) is -0.346.